The van der Waals surface area contributed by atoms with E-state index in [9.17, 15) is 24.3 Å². The molecule has 5 aromatic rings. The van der Waals surface area contributed by atoms with E-state index in [0.717, 1.165) is 33.9 Å². The van der Waals surface area contributed by atoms with E-state index in [1.54, 1.807) is 24.3 Å². The molecule has 1 saturated carbocycles. The quantitative estimate of drug-likeness (QED) is 0.0945. The van der Waals surface area contributed by atoms with Gasteiger partial charge in [0.2, 0.25) is 0 Å². The van der Waals surface area contributed by atoms with Crippen molar-refractivity contribution in [3.63, 3.8) is 0 Å². The van der Waals surface area contributed by atoms with Crippen LogP contribution in [0.15, 0.2) is 88.1 Å². The average molecular weight is 633 g/mol. The molecule has 9 heteroatoms. The largest absolute Gasteiger partial charge is 0.507 e. The topological polar surface area (TPSA) is 133 Å². The number of rotatable bonds is 6. The van der Waals surface area contributed by atoms with E-state index in [0.29, 0.717) is 22.5 Å². The lowest BCUT2D eigenvalue weighted by molar-refractivity contribution is -0.133. The average Bonchev–Trinajstić information content (AvgIpc) is 3.65. The maximum absolute atomic E-state index is 12.4. The van der Waals surface area contributed by atoms with E-state index in [-0.39, 0.29) is 59.5 Å². The summed E-state index contributed by atoms with van der Waals surface area (Å²) in [4.78, 5) is 47.4. The summed E-state index contributed by atoms with van der Waals surface area (Å²) in [6.07, 6.45) is 1.51. The van der Waals surface area contributed by atoms with Gasteiger partial charge in [0, 0.05) is 59.9 Å². The van der Waals surface area contributed by atoms with Crippen LogP contribution in [0.2, 0.25) is 0 Å². The maximum atomic E-state index is 12.4. The van der Waals surface area contributed by atoms with E-state index in [1.165, 1.54) is 20.8 Å². The zero-order valence-electron chi connectivity index (χ0n) is 26.0. The van der Waals surface area contributed by atoms with Crippen LogP contribution in [0, 0.1) is 0 Å². The summed E-state index contributed by atoms with van der Waals surface area (Å²) in [6.45, 7) is 4.28. The number of fused-ring (bicyclic) bond motifs is 10. The number of hydrogen-bond acceptors (Lipinski definition) is 9. The van der Waals surface area contributed by atoms with Gasteiger partial charge in [-0.2, -0.15) is 0 Å². The SMILES string of the molecule is CC(=O)CC(c1ccccc1)c1c(O)c2ccccc2oc1=O.CC(=O)Oc1c2c(c(OC(C)=O)c3ccccc13)[C@@H]1C[C@H]2C2OC21. The van der Waals surface area contributed by atoms with Crippen molar-refractivity contribution in [2.75, 3.05) is 0 Å². The molecular formula is C38H32O9. The fraction of sp³-hybridized carbons (Fsp3) is 0.263. The predicted molar refractivity (Wildman–Crippen MR) is 173 cm³/mol. The second-order valence-electron chi connectivity index (χ2n) is 12.2. The lowest BCUT2D eigenvalue weighted by Gasteiger charge is -2.22. The van der Waals surface area contributed by atoms with Crippen molar-refractivity contribution in [2.45, 2.75) is 63.6 Å². The third-order valence-electron chi connectivity index (χ3n) is 9.15. The normalized spacial score (nSPS) is 20.5. The van der Waals surface area contributed by atoms with Gasteiger partial charge in [-0.25, -0.2) is 4.79 Å². The fourth-order valence-corrected chi connectivity index (χ4v) is 7.36. The number of ketones is 1. The highest BCUT2D eigenvalue weighted by Gasteiger charge is 2.64. The lowest BCUT2D eigenvalue weighted by atomic mass is 9.87. The number of hydrogen-bond donors (Lipinski definition) is 1. The first-order chi connectivity index (χ1) is 22.6. The first-order valence-electron chi connectivity index (χ1n) is 15.5. The second-order valence-corrected chi connectivity index (χ2v) is 12.2. The molecular weight excluding hydrogens is 600 g/mol. The summed E-state index contributed by atoms with van der Waals surface area (Å²) in [5, 5.41) is 12.7. The van der Waals surface area contributed by atoms with Crippen molar-refractivity contribution in [3.8, 4) is 17.2 Å². The zero-order chi connectivity index (χ0) is 33.0. The van der Waals surface area contributed by atoms with Crippen molar-refractivity contribution in [2.24, 2.45) is 0 Å². The van der Waals surface area contributed by atoms with Crippen LogP contribution in [0.3, 0.4) is 0 Å². The van der Waals surface area contributed by atoms with Gasteiger partial charge in [-0.05, 0) is 31.0 Å². The fourth-order valence-electron chi connectivity index (χ4n) is 7.36. The molecule has 238 valence electrons. The molecule has 5 atom stereocenters. The monoisotopic (exact) mass is 632 g/mol. The molecule has 1 aromatic heterocycles. The Balaban J connectivity index is 0.000000150. The Bertz CT molecular complexity index is 2060. The standard InChI is InChI=1S/C19H16O5.C19H16O4/c1-8(20)22-16-10-5-3-4-6-11(10)17(23-9(2)21)15-13-7-12(14(15)16)18-19(13)24-18;1-12(20)11-15(13-7-3-2-4-8-13)17-18(21)14-9-5-6-10-16(14)23-19(17)22/h3-6,12-13,18-19H,7H2,1-2H3;2-10,15,21H,11H2,1H3/t12-,13+,18?,19?;. The minimum atomic E-state index is -0.615. The molecule has 2 bridgehead atoms. The van der Waals surface area contributed by atoms with Gasteiger partial charge in [0.1, 0.15) is 28.6 Å². The van der Waals surface area contributed by atoms with Crippen molar-refractivity contribution < 1.29 is 38.1 Å². The van der Waals surface area contributed by atoms with Gasteiger partial charge in [0.05, 0.1) is 23.2 Å². The molecule has 0 radical (unpaired) electrons. The Kier molecular flexibility index (Phi) is 7.64. The molecule has 3 aliphatic rings. The molecule has 9 nitrogen and oxygen atoms in total. The van der Waals surface area contributed by atoms with Crippen LogP contribution in [0.1, 0.15) is 73.6 Å². The van der Waals surface area contributed by atoms with Crippen LogP contribution in [0.5, 0.6) is 17.2 Å². The number of para-hydroxylation sites is 1. The Labute approximate surface area is 269 Å². The molecule has 1 saturated heterocycles. The third-order valence-corrected chi connectivity index (χ3v) is 9.15. The van der Waals surface area contributed by atoms with Crippen molar-refractivity contribution in [1.82, 2.24) is 0 Å². The minimum absolute atomic E-state index is 0.0641. The minimum Gasteiger partial charge on any atom is -0.507 e. The van der Waals surface area contributed by atoms with Gasteiger partial charge in [0.25, 0.3) is 0 Å². The Morgan fingerprint density at radius 1 is 0.766 bits per heavy atom. The smallest absolute Gasteiger partial charge is 0.343 e. The molecule has 1 N–H and O–H groups in total. The maximum Gasteiger partial charge on any atom is 0.343 e. The van der Waals surface area contributed by atoms with Crippen LogP contribution in [0.4, 0.5) is 0 Å². The van der Waals surface area contributed by atoms with Crippen molar-refractivity contribution >= 4 is 39.5 Å². The van der Waals surface area contributed by atoms with Crippen molar-refractivity contribution in [1.29, 1.82) is 0 Å². The number of carbonyl (C=O) groups is 3. The molecule has 0 spiro atoms. The van der Waals surface area contributed by atoms with E-state index < -0.39 is 11.5 Å². The second kappa shape index (κ2) is 11.8. The predicted octanol–water partition coefficient (Wildman–Crippen LogP) is 6.65. The Hall–Kier alpha value is -5.28. The molecule has 2 heterocycles. The number of esters is 2. The molecule has 3 unspecified atom stereocenters. The van der Waals surface area contributed by atoms with E-state index in [2.05, 4.69) is 0 Å². The van der Waals surface area contributed by atoms with Gasteiger partial charge in [-0.1, -0.05) is 66.7 Å². The van der Waals surface area contributed by atoms with E-state index in [4.69, 9.17) is 18.6 Å². The first-order valence-corrected chi connectivity index (χ1v) is 15.5. The number of epoxide rings is 1. The van der Waals surface area contributed by atoms with Crippen LogP contribution in [0.25, 0.3) is 21.7 Å². The van der Waals surface area contributed by atoms with Crippen LogP contribution in [-0.2, 0) is 19.1 Å². The van der Waals surface area contributed by atoms with E-state index >= 15 is 0 Å². The van der Waals surface area contributed by atoms with E-state index in [1.807, 2.05) is 54.6 Å². The summed E-state index contributed by atoms with van der Waals surface area (Å²) in [6, 6.07) is 23.6. The lowest BCUT2D eigenvalue weighted by Crippen LogP contribution is -2.16. The summed E-state index contributed by atoms with van der Waals surface area (Å²) >= 11 is 0. The Morgan fingerprint density at radius 3 is 1.81 bits per heavy atom. The molecule has 2 fully saturated rings. The summed E-state index contributed by atoms with van der Waals surface area (Å²) in [7, 11) is 0. The summed E-state index contributed by atoms with van der Waals surface area (Å²) in [5.74, 6) is 0.215. The summed E-state index contributed by atoms with van der Waals surface area (Å²) < 4.78 is 22.3. The number of ether oxygens (including phenoxy) is 3. The van der Waals surface area contributed by atoms with Crippen LogP contribution < -0.4 is 15.1 Å². The number of carbonyl (C=O) groups excluding carboxylic acids is 3. The highest BCUT2D eigenvalue weighted by Crippen LogP contribution is 2.67. The van der Waals surface area contributed by atoms with Gasteiger partial charge >= 0.3 is 17.6 Å². The molecule has 0 amide bonds. The van der Waals surface area contributed by atoms with Crippen molar-refractivity contribution in [3.05, 3.63) is 112 Å². The summed E-state index contributed by atoms with van der Waals surface area (Å²) in [5.41, 5.74) is 2.61. The molecule has 47 heavy (non-hydrogen) atoms. The number of benzene rings is 4. The van der Waals surface area contributed by atoms with Gasteiger partial charge < -0.3 is 23.7 Å². The van der Waals surface area contributed by atoms with Crippen LogP contribution >= 0.6 is 0 Å². The zero-order valence-corrected chi connectivity index (χ0v) is 26.0. The number of aromatic hydroxyl groups is 1. The third kappa shape index (κ3) is 5.36. The first kappa shape index (κ1) is 30.4. The molecule has 4 aromatic carbocycles. The molecule has 1 aliphatic heterocycles. The van der Waals surface area contributed by atoms with Crippen LogP contribution in [-0.4, -0.2) is 35.0 Å². The van der Waals surface area contributed by atoms with Gasteiger partial charge in [-0.3, -0.25) is 14.4 Å². The highest BCUT2D eigenvalue weighted by molar-refractivity contribution is 5.99. The Morgan fingerprint density at radius 2 is 1.28 bits per heavy atom. The van der Waals surface area contributed by atoms with Gasteiger partial charge in [0.15, 0.2) is 0 Å². The molecule has 8 rings (SSSR count). The highest BCUT2D eigenvalue weighted by atomic mass is 16.6. The molecule has 2 aliphatic carbocycles. The van der Waals surface area contributed by atoms with Gasteiger partial charge in [-0.15, -0.1) is 0 Å². The number of Topliss-reactive ketones (excluding diaryl/α,β-unsaturated/α-hetero) is 1.